The van der Waals surface area contributed by atoms with Crippen molar-refractivity contribution in [3.8, 4) is 0 Å². The Bertz CT molecular complexity index is 708. The smallest absolute Gasteiger partial charge is 0.189 e. The van der Waals surface area contributed by atoms with Crippen molar-refractivity contribution in [3.05, 3.63) is 46.5 Å². The van der Waals surface area contributed by atoms with Crippen molar-refractivity contribution >= 4 is 11.6 Å². The van der Waals surface area contributed by atoms with Gasteiger partial charge in [0.15, 0.2) is 11.6 Å². The van der Waals surface area contributed by atoms with Gasteiger partial charge in [-0.15, -0.1) is 0 Å². The van der Waals surface area contributed by atoms with E-state index in [4.69, 9.17) is 4.74 Å². The summed E-state index contributed by atoms with van der Waals surface area (Å²) in [6, 6.07) is 4.08. The molecule has 26 heavy (non-hydrogen) atoms. The minimum atomic E-state index is -0.879. The summed E-state index contributed by atoms with van der Waals surface area (Å²) in [6.45, 7) is 19.6. The number of rotatable bonds is 9. The number of carbonyl (C=O) groups is 2. The Kier molecular flexibility index (Phi) is 7.12. The van der Waals surface area contributed by atoms with E-state index in [1.54, 1.807) is 20.8 Å². The molecule has 0 aliphatic heterocycles. The molecule has 144 valence electrons. The SMILES string of the molecule is C=C(C)C(=O)C(C)(C)OCCC(C)(C)CC(=O)c1cc(C)cc(C)c1C. The lowest BCUT2D eigenvalue weighted by Crippen LogP contribution is -2.36. The molecule has 0 unspecified atom stereocenters. The monoisotopic (exact) mass is 358 g/mol. The van der Waals surface area contributed by atoms with Gasteiger partial charge >= 0.3 is 0 Å². The molecule has 1 rings (SSSR count). The van der Waals surface area contributed by atoms with Crippen LogP contribution in [0.1, 0.15) is 74.5 Å². The zero-order valence-corrected chi connectivity index (χ0v) is 17.7. The Labute approximate surface area is 158 Å². The van der Waals surface area contributed by atoms with Crippen LogP contribution in [0.3, 0.4) is 0 Å². The molecule has 0 aromatic heterocycles. The molecule has 0 aliphatic carbocycles. The first-order valence-electron chi connectivity index (χ1n) is 9.22. The van der Waals surface area contributed by atoms with E-state index >= 15 is 0 Å². The van der Waals surface area contributed by atoms with Crippen LogP contribution in [0.15, 0.2) is 24.3 Å². The van der Waals surface area contributed by atoms with E-state index in [9.17, 15) is 9.59 Å². The summed E-state index contributed by atoms with van der Waals surface area (Å²) in [5.41, 5.74) is 3.54. The van der Waals surface area contributed by atoms with Gasteiger partial charge in [0, 0.05) is 18.6 Å². The molecular weight excluding hydrogens is 324 g/mol. The normalized spacial score (nSPS) is 12.2. The second-order valence-electron chi connectivity index (χ2n) is 8.74. The fourth-order valence-electron chi connectivity index (χ4n) is 3.11. The van der Waals surface area contributed by atoms with Crippen molar-refractivity contribution < 1.29 is 14.3 Å². The average Bonchev–Trinajstić information content (AvgIpc) is 2.48. The topological polar surface area (TPSA) is 43.4 Å². The molecule has 0 bridgehead atoms. The van der Waals surface area contributed by atoms with Crippen LogP contribution in [0, 0.1) is 26.2 Å². The maximum absolute atomic E-state index is 12.8. The Balaban J connectivity index is 2.74. The van der Waals surface area contributed by atoms with Gasteiger partial charge in [0.1, 0.15) is 5.60 Å². The lowest BCUT2D eigenvalue weighted by atomic mass is 9.81. The number of Topliss-reactive ketones (excluding diaryl/α,β-unsaturated/α-hetero) is 2. The van der Waals surface area contributed by atoms with Crippen LogP contribution < -0.4 is 0 Å². The van der Waals surface area contributed by atoms with E-state index in [0.717, 1.165) is 22.3 Å². The van der Waals surface area contributed by atoms with Gasteiger partial charge in [0.05, 0.1) is 0 Å². The molecule has 0 aliphatic rings. The zero-order chi connectivity index (χ0) is 20.3. The third kappa shape index (κ3) is 5.91. The maximum atomic E-state index is 12.8. The summed E-state index contributed by atoms with van der Waals surface area (Å²) in [5.74, 6) is 0.0776. The van der Waals surface area contributed by atoms with Crippen LogP contribution >= 0.6 is 0 Å². The lowest BCUT2D eigenvalue weighted by Gasteiger charge is -2.28. The van der Waals surface area contributed by atoms with Crippen molar-refractivity contribution in [3.63, 3.8) is 0 Å². The summed E-state index contributed by atoms with van der Waals surface area (Å²) >= 11 is 0. The summed E-state index contributed by atoms with van der Waals surface area (Å²) < 4.78 is 5.82. The molecule has 0 N–H and O–H groups in total. The predicted molar refractivity (Wildman–Crippen MR) is 108 cm³/mol. The highest BCUT2D eigenvalue weighted by Crippen LogP contribution is 2.30. The van der Waals surface area contributed by atoms with E-state index in [2.05, 4.69) is 26.5 Å². The Morgan fingerprint density at radius 1 is 1.08 bits per heavy atom. The number of ether oxygens (including phenoxy) is 1. The van der Waals surface area contributed by atoms with E-state index in [0.29, 0.717) is 25.0 Å². The van der Waals surface area contributed by atoms with Gasteiger partial charge in [-0.2, -0.15) is 0 Å². The van der Waals surface area contributed by atoms with Crippen LogP contribution in [-0.2, 0) is 9.53 Å². The summed E-state index contributed by atoms with van der Waals surface area (Å²) in [5, 5.41) is 0. The fraction of sp³-hybridized carbons (Fsp3) is 0.565. The van der Waals surface area contributed by atoms with Crippen molar-refractivity contribution in [1.82, 2.24) is 0 Å². The van der Waals surface area contributed by atoms with Crippen LogP contribution in [0.5, 0.6) is 0 Å². The fourth-order valence-corrected chi connectivity index (χ4v) is 3.11. The van der Waals surface area contributed by atoms with Crippen molar-refractivity contribution in [1.29, 1.82) is 0 Å². The molecule has 3 nitrogen and oxygen atoms in total. The summed E-state index contributed by atoms with van der Waals surface area (Å²) in [6.07, 6.45) is 1.16. The molecule has 0 atom stereocenters. The maximum Gasteiger partial charge on any atom is 0.189 e. The standard InChI is InChI=1S/C23H34O3/c1-15(2)21(25)23(8,9)26-11-10-22(6,7)14-20(24)19-13-16(3)12-17(4)18(19)5/h12-13H,1,10-11,14H2,2-9H3. The third-order valence-corrected chi connectivity index (χ3v) is 4.93. The zero-order valence-electron chi connectivity index (χ0n) is 17.7. The number of ketones is 2. The molecule has 0 amide bonds. The van der Waals surface area contributed by atoms with Gasteiger partial charge in [-0.3, -0.25) is 9.59 Å². The lowest BCUT2D eigenvalue weighted by molar-refractivity contribution is -0.137. The molecule has 3 heteroatoms. The van der Waals surface area contributed by atoms with Gasteiger partial charge in [-0.1, -0.05) is 32.1 Å². The number of hydrogen-bond acceptors (Lipinski definition) is 3. The third-order valence-electron chi connectivity index (χ3n) is 4.93. The van der Waals surface area contributed by atoms with Gasteiger partial charge in [0.25, 0.3) is 0 Å². The minimum Gasteiger partial charge on any atom is -0.367 e. The van der Waals surface area contributed by atoms with Crippen LogP contribution in [-0.4, -0.2) is 23.8 Å². The second kappa shape index (κ2) is 8.30. The van der Waals surface area contributed by atoms with E-state index < -0.39 is 5.60 Å². The minimum absolute atomic E-state index is 0.0859. The second-order valence-corrected chi connectivity index (χ2v) is 8.74. The van der Waals surface area contributed by atoms with Crippen molar-refractivity contribution in [2.75, 3.05) is 6.61 Å². The average molecular weight is 359 g/mol. The summed E-state index contributed by atoms with van der Waals surface area (Å²) in [7, 11) is 0. The van der Waals surface area contributed by atoms with Crippen LogP contribution in [0.25, 0.3) is 0 Å². The molecule has 0 fully saturated rings. The number of carbonyl (C=O) groups excluding carboxylic acids is 2. The first-order valence-corrected chi connectivity index (χ1v) is 9.22. The highest BCUT2D eigenvalue weighted by molar-refractivity contribution is 6.00. The van der Waals surface area contributed by atoms with E-state index in [-0.39, 0.29) is 17.0 Å². The van der Waals surface area contributed by atoms with Gasteiger partial charge in [-0.05, 0) is 76.1 Å². The van der Waals surface area contributed by atoms with Gasteiger partial charge in [-0.25, -0.2) is 0 Å². The first-order chi connectivity index (χ1) is 11.8. The molecule has 0 saturated heterocycles. The first kappa shape index (κ1) is 22.3. The number of benzene rings is 1. The molecule has 0 saturated carbocycles. The van der Waals surface area contributed by atoms with E-state index in [1.807, 2.05) is 26.8 Å². The molecule has 1 aromatic carbocycles. The number of aryl methyl sites for hydroxylation is 2. The molecule has 0 spiro atoms. The molecule has 0 radical (unpaired) electrons. The molecular formula is C23H34O3. The Morgan fingerprint density at radius 2 is 1.65 bits per heavy atom. The summed E-state index contributed by atoms with van der Waals surface area (Å²) in [4.78, 5) is 24.9. The molecule has 0 heterocycles. The predicted octanol–water partition coefficient (Wildman–Crippen LogP) is 5.54. The quantitative estimate of drug-likeness (QED) is 0.430. The van der Waals surface area contributed by atoms with Gasteiger partial charge in [0.2, 0.25) is 0 Å². The van der Waals surface area contributed by atoms with Crippen molar-refractivity contribution in [2.45, 2.75) is 73.8 Å². The molecule has 1 aromatic rings. The van der Waals surface area contributed by atoms with E-state index in [1.165, 1.54) is 0 Å². The Hall–Kier alpha value is -1.74. The largest absolute Gasteiger partial charge is 0.367 e. The van der Waals surface area contributed by atoms with Crippen LogP contribution in [0.2, 0.25) is 0 Å². The Morgan fingerprint density at radius 3 is 2.19 bits per heavy atom. The highest BCUT2D eigenvalue weighted by atomic mass is 16.5. The van der Waals surface area contributed by atoms with Crippen LogP contribution in [0.4, 0.5) is 0 Å². The van der Waals surface area contributed by atoms with Crippen molar-refractivity contribution in [2.24, 2.45) is 5.41 Å². The van der Waals surface area contributed by atoms with Gasteiger partial charge < -0.3 is 4.74 Å². The highest BCUT2D eigenvalue weighted by Gasteiger charge is 2.30. The number of hydrogen-bond donors (Lipinski definition) is 0.